The van der Waals surface area contributed by atoms with Crippen LogP contribution < -0.4 is 0 Å². The lowest BCUT2D eigenvalue weighted by Crippen LogP contribution is -2.35. The monoisotopic (exact) mass is 317 g/mol. The minimum atomic E-state index is 0.0680. The quantitative estimate of drug-likeness (QED) is 0.870. The topological polar surface area (TPSA) is 62.7 Å². The average molecular weight is 317 g/mol. The SMILES string of the molecule is Cc1cc(CN2CCCN(C(=O)c3cc(C)oc3C)CC2)no1. The first-order chi connectivity index (χ1) is 11.0. The van der Waals surface area contributed by atoms with E-state index in [0.717, 1.165) is 56.4 Å². The maximum absolute atomic E-state index is 12.7. The predicted molar refractivity (Wildman–Crippen MR) is 85.2 cm³/mol. The summed E-state index contributed by atoms with van der Waals surface area (Å²) in [6.45, 7) is 9.67. The van der Waals surface area contributed by atoms with Crippen LogP contribution in [0.2, 0.25) is 0 Å². The van der Waals surface area contributed by atoms with Gasteiger partial charge in [-0.1, -0.05) is 5.16 Å². The van der Waals surface area contributed by atoms with Crippen LogP contribution in [0.4, 0.5) is 0 Å². The molecule has 124 valence electrons. The van der Waals surface area contributed by atoms with Gasteiger partial charge < -0.3 is 13.8 Å². The zero-order valence-electron chi connectivity index (χ0n) is 14.0. The van der Waals surface area contributed by atoms with Crippen molar-refractivity contribution in [2.75, 3.05) is 26.2 Å². The van der Waals surface area contributed by atoms with Crippen molar-refractivity contribution in [2.45, 2.75) is 33.7 Å². The maximum Gasteiger partial charge on any atom is 0.257 e. The number of carbonyl (C=O) groups excluding carboxylic acids is 1. The number of rotatable bonds is 3. The van der Waals surface area contributed by atoms with E-state index in [1.54, 1.807) is 0 Å². The van der Waals surface area contributed by atoms with Crippen LogP contribution in [0, 0.1) is 20.8 Å². The maximum atomic E-state index is 12.7. The second kappa shape index (κ2) is 6.58. The Bertz CT molecular complexity index is 689. The molecule has 1 saturated heterocycles. The van der Waals surface area contributed by atoms with Gasteiger partial charge >= 0.3 is 0 Å². The van der Waals surface area contributed by atoms with Crippen molar-refractivity contribution < 1.29 is 13.7 Å². The molecule has 3 heterocycles. The van der Waals surface area contributed by atoms with E-state index in [1.165, 1.54) is 0 Å². The number of nitrogens with zero attached hydrogens (tertiary/aromatic N) is 3. The van der Waals surface area contributed by atoms with Gasteiger partial charge in [-0.25, -0.2) is 0 Å². The first-order valence-electron chi connectivity index (χ1n) is 8.04. The summed E-state index contributed by atoms with van der Waals surface area (Å²) in [5, 5.41) is 4.05. The van der Waals surface area contributed by atoms with Gasteiger partial charge in [0.2, 0.25) is 0 Å². The molecule has 1 aliphatic rings. The Morgan fingerprint density at radius 2 is 1.96 bits per heavy atom. The molecule has 0 atom stereocenters. The molecule has 2 aromatic heterocycles. The van der Waals surface area contributed by atoms with E-state index >= 15 is 0 Å². The van der Waals surface area contributed by atoms with E-state index in [4.69, 9.17) is 8.94 Å². The number of furan rings is 1. The minimum absolute atomic E-state index is 0.0680. The summed E-state index contributed by atoms with van der Waals surface area (Å²) in [5.41, 5.74) is 1.63. The Morgan fingerprint density at radius 3 is 2.61 bits per heavy atom. The molecule has 0 radical (unpaired) electrons. The molecule has 1 amide bonds. The summed E-state index contributed by atoms with van der Waals surface area (Å²) in [6.07, 6.45) is 0.957. The van der Waals surface area contributed by atoms with Crippen molar-refractivity contribution in [3.8, 4) is 0 Å². The molecule has 6 nitrogen and oxygen atoms in total. The third kappa shape index (κ3) is 3.64. The van der Waals surface area contributed by atoms with Crippen LogP contribution in [-0.2, 0) is 6.54 Å². The Hall–Kier alpha value is -2.08. The van der Waals surface area contributed by atoms with E-state index in [2.05, 4.69) is 10.1 Å². The van der Waals surface area contributed by atoms with Crippen LogP contribution in [-0.4, -0.2) is 47.0 Å². The number of aryl methyl sites for hydroxylation is 3. The molecule has 2 aromatic rings. The summed E-state index contributed by atoms with van der Waals surface area (Å²) in [7, 11) is 0. The van der Waals surface area contributed by atoms with Gasteiger partial charge in [-0.2, -0.15) is 0 Å². The third-order valence-electron chi connectivity index (χ3n) is 4.21. The molecule has 0 aliphatic carbocycles. The smallest absolute Gasteiger partial charge is 0.257 e. The van der Waals surface area contributed by atoms with Crippen molar-refractivity contribution in [1.82, 2.24) is 15.0 Å². The second-order valence-electron chi connectivity index (χ2n) is 6.18. The van der Waals surface area contributed by atoms with Crippen molar-refractivity contribution in [1.29, 1.82) is 0 Å². The van der Waals surface area contributed by atoms with Crippen LogP contribution in [0.1, 0.15) is 39.8 Å². The first-order valence-corrected chi connectivity index (χ1v) is 8.04. The molecule has 1 aliphatic heterocycles. The minimum Gasteiger partial charge on any atom is -0.466 e. The molecular weight excluding hydrogens is 294 g/mol. The highest BCUT2D eigenvalue weighted by atomic mass is 16.5. The number of hydrogen-bond acceptors (Lipinski definition) is 5. The van der Waals surface area contributed by atoms with Gasteiger partial charge in [0.25, 0.3) is 5.91 Å². The summed E-state index contributed by atoms with van der Waals surface area (Å²) >= 11 is 0. The number of hydrogen-bond donors (Lipinski definition) is 0. The fourth-order valence-electron chi connectivity index (χ4n) is 3.07. The first kappa shape index (κ1) is 15.8. The Kier molecular flexibility index (Phi) is 4.52. The molecule has 0 N–H and O–H groups in total. The summed E-state index contributed by atoms with van der Waals surface area (Å²) in [4.78, 5) is 16.9. The molecule has 0 aromatic carbocycles. The predicted octanol–water partition coefficient (Wildman–Crippen LogP) is 2.54. The molecule has 23 heavy (non-hydrogen) atoms. The third-order valence-corrected chi connectivity index (χ3v) is 4.21. The highest BCUT2D eigenvalue weighted by Gasteiger charge is 2.23. The van der Waals surface area contributed by atoms with Crippen LogP contribution in [0.25, 0.3) is 0 Å². The Morgan fingerprint density at radius 1 is 1.13 bits per heavy atom. The highest BCUT2D eigenvalue weighted by molar-refractivity contribution is 5.95. The van der Waals surface area contributed by atoms with Crippen molar-refractivity contribution in [3.05, 3.63) is 40.7 Å². The molecule has 0 bridgehead atoms. The fraction of sp³-hybridized carbons (Fsp3) is 0.529. The van der Waals surface area contributed by atoms with Gasteiger partial charge in [0.05, 0.1) is 11.3 Å². The van der Waals surface area contributed by atoms with Gasteiger partial charge in [-0.05, 0) is 33.3 Å². The molecular formula is C17H23N3O3. The molecule has 0 saturated carbocycles. The van der Waals surface area contributed by atoms with E-state index in [1.807, 2.05) is 37.8 Å². The standard InChI is InChI=1S/C17H23N3O3/c1-12-10-16(14(3)22-12)17(21)20-6-4-5-19(7-8-20)11-15-9-13(2)23-18-15/h9-10H,4-8,11H2,1-3H3. The van der Waals surface area contributed by atoms with Gasteiger partial charge in [0, 0.05) is 38.8 Å². The lowest BCUT2D eigenvalue weighted by Gasteiger charge is -2.21. The summed E-state index contributed by atoms with van der Waals surface area (Å²) in [5.74, 6) is 2.38. The number of amides is 1. The Balaban J connectivity index is 1.62. The Labute approximate surface area is 136 Å². The highest BCUT2D eigenvalue weighted by Crippen LogP contribution is 2.17. The summed E-state index contributed by atoms with van der Waals surface area (Å²) < 4.78 is 10.6. The summed E-state index contributed by atoms with van der Waals surface area (Å²) in [6, 6.07) is 3.80. The molecule has 0 unspecified atom stereocenters. The van der Waals surface area contributed by atoms with Crippen LogP contribution in [0.15, 0.2) is 21.1 Å². The lowest BCUT2D eigenvalue weighted by molar-refractivity contribution is 0.0759. The second-order valence-corrected chi connectivity index (χ2v) is 6.18. The normalized spacial score (nSPS) is 16.6. The van der Waals surface area contributed by atoms with E-state index in [0.29, 0.717) is 11.3 Å². The van der Waals surface area contributed by atoms with E-state index in [9.17, 15) is 4.79 Å². The van der Waals surface area contributed by atoms with E-state index in [-0.39, 0.29) is 5.91 Å². The zero-order valence-corrected chi connectivity index (χ0v) is 14.0. The largest absolute Gasteiger partial charge is 0.466 e. The van der Waals surface area contributed by atoms with Crippen molar-refractivity contribution in [2.24, 2.45) is 0 Å². The molecule has 1 fully saturated rings. The van der Waals surface area contributed by atoms with E-state index < -0.39 is 0 Å². The lowest BCUT2D eigenvalue weighted by atomic mass is 10.2. The van der Waals surface area contributed by atoms with Crippen molar-refractivity contribution >= 4 is 5.91 Å². The van der Waals surface area contributed by atoms with Crippen molar-refractivity contribution in [3.63, 3.8) is 0 Å². The number of carbonyl (C=O) groups is 1. The van der Waals surface area contributed by atoms with Crippen LogP contribution in [0.3, 0.4) is 0 Å². The van der Waals surface area contributed by atoms with Gasteiger partial charge in [-0.3, -0.25) is 9.69 Å². The van der Waals surface area contributed by atoms with Gasteiger partial charge in [0.15, 0.2) is 0 Å². The number of aromatic nitrogens is 1. The average Bonchev–Trinajstić information content (AvgIpc) is 2.96. The zero-order chi connectivity index (χ0) is 16.4. The molecule has 3 rings (SSSR count). The van der Waals surface area contributed by atoms with Gasteiger partial charge in [-0.15, -0.1) is 0 Å². The molecule has 6 heteroatoms. The van der Waals surface area contributed by atoms with Crippen LogP contribution in [0.5, 0.6) is 0 Å². The molecule has 0 spiro atoms. The van der Waals surface area contributed by atoms with Crippen LogP contribution >= 0.6 is 0 Å². The fourth-order valence-corrected chi connectivity index (χ4v) is 3.07. The van der Waals surface area contributed by atoms with Gasteiger partial charge in [0.1, 0.15) is 17.3 Å².